The third-order valence-electron chi connectivity index (χ3n) is 0.763. The van der Waals surface area contributed by atoms with Crippen LogP contribution in [0.3, 0.4) is 0 Å². The first-order chi connectivity index (χ1) is 4.95. The number of carbonyl (C=O) groups excluding carboxylic acids is 1. The Bertz CT molecular complexity index is 210. The van der Waals surface area contributed by atoms with Gasteiger partial charge in [-0.25, -0.2) is 4.79 Å². The minimum atomic E-state index is -3.43. The zero-order chi connectivity index (χ0) is 8.91. The maximum atomic E-state index is 10.5. The summed E-state index contributed by atoms with van der Waals surface area (Å²) < 4.78 is 14.9. The second-order valence-corrected chi connectivity index (χ2v) is 4.21. The quantitative estimate of drug-likeness (QED) is 0.544. The smallest absolute Gasteiger partial charge is 0.324 e. The molecule has 0 aliphatic carbocycles. The van der Waals surface area contributed by atoms with E-state index in [0.29, 0.717) is 0 Å². The minimum absolute atomic E-state index is 0.0431. The average Bonchev–Trinajstić information content (AvgIpc) is 1.85. The van der Waals surface area contributed by atoms with Gasteiger partial charge in [0.1, 0.15) is 11.0 Å². The van der Waals surface area contributed by atoms with Gasteiger partial charge in [-0.2, -0.15) is 0 Å². The minimum Gasteiger partial charge on any atom is -0.324 e. The van der Waals surface area contributed by atoms with E-state index in [-0.39, 0.29) is 18.1 Å². The fourth-order valence-electron chi connectivity index (χ4n) is 0.356. The normalized spacial score (nSPS) is 15.2. The molecule has 11 heavy (non-hydrogen) atoms. The second kappa shape index (κ2) is 4.70. The Labute approximate surface area is 69.3 Å². The van der Waals surface area contributed by atoms with Crippen molar-refractivity contribution in [3.63, 3.8) is 0 Å². The highest BCUT2D eigenvalue weighted by molar-refractivity contribution is 7.51. The van der Waals surface area contributed by atoms with Gasteiger partial charge in [0.15, 0.2) is 0 Å². The lowest BCUT2D eigenvalue weighted by Crippen LogP contribution is -1.91. The van der Waals surface area contributed by atoms with E-state index in [4.69, 9.17) is 16.5 Å². The van der Waals surface area contributed by atoms with Crippen molar-refractivity contribution >= 4 is 25.1 Å². The van der Waals surface area contributed by atoms with Gasteiger partial charge in [0, 0.05) is 13.1 Å². The van der Waals surface area contributed by atoms with E-state index in [1.54, 1.807) is 0 Å². The Morgan fingerprint density at radius 2 is 2.36 bits per heavy atom. The molecule has 0 aliphatic rings. The molecule has 0 spiro atoms. The van der Waals surface area contributed by atoms with Crippen molar-refractivity contribution in [2.75, 3.05) is 13.3 Å². The highest BCUT2D eigenvalue weighted by Crippen LogP contribution is 2.36. The van der Waals surface area contributed by atoms with Crippen molar-refractivity contribution < 1.29 is 18.8 Å². The molecular formula is C5H8ClO4P. The topological polar surface area (TPSA) is 63.6 Å². The van der Waals surface area contributed by atoms with Gasteiger partial charge in [-0.1, -0.05) is 11.6 Å². The summed E-state index contributed by atoms with van der Waals surface area (Å²) >= 11 is 5.24. The van der Waals surface area contributed by atoms with Crippen LogP contribution >= 0.6 is 19.2 Å². The predicted octanol–water partition coefficient (Wildman–Crippen LogP) is 1.16. The van der Waals surface area contributed by atoms with E-state index in [9.17, 15) is 9.36 Å². The van der Waals surface area contributed by atoms with Crippen LogP contribution in [0, 0.1) is 0 Å². The van der Waals surface area contributed by atoms with E-state index in [0.717, 1.165) is 6.66 Å². The summed E-state index contributed by atoms with van der Waals surface area (Å²) in [6.45, 7) is 1.02. The fourth-order valence-corrected chi connectivity index (χ4v) is 0.863. The van der Waals surface area contributed by atoms with Gasteiger partial charge in [0.25, 0.3) is 0 Å². The largest absolute Gasteiger partial charge is 0.325 e. The van der Waals surface area contributed by atoms with Gasteiger partial charge in [0.2, 0.25) is 0 Å². The van der Waals surface area contributed by atoms with Crippen molar-refractivity contribution in [1.29, 1.82) is 0 Å². The van der Waals surface area contributed by atoms with Crippen molar-refractivity contribution in [1.82, 2.24) is 0 Å². The molecule has 0 aliphatic heterocycles. The average molecular weight is 199 g/mol. The summed E-state index contributed by atoms with van der Waals surface area (Å²) in [7, 11) is -3.43. The summed E-state index contributed by atoms with van der Waals surface area (Å²) in [4.78, 5) is 18.4. The van der Waals surface area contributed by atoms with E-state index >= 15 is 0 Å². The maximum Gasteiger partial charge on any atom is 0.325 e. The molecule has 0 amide bonds. The molecule has 0 aromatic rings. The number of rotatable bonds is 4. The van der Waals surface area contributed by atoms with Crippen LogP contribution in [0.15, 0.2) is 5.03 Å². The Hall–Kier alpha value is -0.110. The van der Waals surface area contributed by atoms with Crippen LogP contribution in [0.5, 0.6) is 0 Å². The van der Waals surface area contributed by atoms with Crippen LogP contribution in [-0.2, 0) is 13.9 Å². The van der Waals surface area contributed by atoms with E-state index < -0.39 is 7.60 Å². The maximum absolute atomic E-state index is 10.5. The lowest BCUT2D eigenvalue weighted by molar-refractivity contribution is 0.269. The summed E-state index contributed by atoms with van der Waals surface area (Å²) in [5, 5.41) is -0.0431. The molecule has 0 saturated heterocycles. The third kappa shape index (κ3) is 7.79. The van der Waals surface area contributed by atoms with E-state index in [1.165, 1.54) is 5.94 Å². The summed E-state index contributed by atoms with van der Waals surface area (Å²) in [6.07, 6.45) is 0.115. The Morgan fingerprint density at radius 1 is 1.82 bits per heavy atom. The summed E-state index contributed by atoms with van der Waals surface area (Å²) in [6, 6.07) is 0. The molecule has 0 aromatic heterocycles. The molecule has 1 N–H and O–H groups in total. The molecule has 6 heteroatoms. The Morgan fingerprint density at radius 3 is 2.73 bits per heavy atom. The molecule has 0 rings (SSSR count). The molecule has 0 aromatic carbocycles. The number of halogens is 1. The van der Waals surface area contributed by atoms with Crippen molar-refractivity contribution in [3.8, 4) is 0 Å². The van der Waals surface area contributed by atoms with Crippen LogP contribution in [0.4, 0.5) is 0 Å². The van der Waals surface area contributed by atoms with E-state index in [1.807, 2.05) is 0 Å². The third-order valence-corrected chi connectivity index (χ3v) is 1.69. The van der Waals surface area contributed by atoms with Gasteiger partial charge >= 0.3 is 7.60 Å². The van der Waals surface area contributed by atoms with Crippen LogP contribution in [0.1, 0.15) is 6.42 Å². The van der Waals surface area contributed by atoms with Gasteiger partial charge in [0.05, 0.1) is 6.61 Å². The molecule has 4 nitrogen and oxygen atoms in total. The number of hydrogen-bond acceptors (Lipinski definition) is 3. The SMILES string of the molecule is CP(=O)(O)OCCC(Cl)=C=O. The number of hydrogen-bond donors (Lipinski definition) is 1. The van der Waals surface area contributed by atoms with Crippen LogP contribution in [0.25, 0.3) is 0 Å². The first-order valence-corrected chi connectivity index (χ1v) is 5.20. The van der Waals surface area contributed by atoms with E-state index in [2.05, 4.69) is 4.52 Å². The zero-order valence-electron chi connectivity index (χ0n) is 5.91. The molecule has 1 atom stereocenters. The van der Waals surface area contributed by atoms with Crippen LogP contribution < -0.4 is 0 Å². The molecular weight excluding hydrogens is 190 g/mol. The van der Waals surface area contributed by atoms with Crippen molar-refractivity contribution in [2.45, 2.75) is 6.42 Å². The molecule has 0 heterocycles. The monoisotopic (exact) mass is 198 g/mol. The van der Waals surface area contributed by atoms with Crippen LogP contribution in [-0.4, -0.2) is 24.1 Å². The van der Waals surface area contributed by atoms with Crippen molar-refractivity contribution in [2.24, 2.45) is 0 Å². The molecule has 0 bridgehead atoms. The molecule has 0 fully saturated rings. The Balaban J connectivity index is 3.60. The lowest BCUT2D eigenvalue weighted by Gasteiger charge is -2.04. The summed E-state index contributed by atoms with van der Waals surface area (Å²) in [5.74, 6) is 1.43. The molecule has 1 unspecified atom stereocenters. The van der Waals surface area contributed by atoms with Gasteiger partial charge in [-0.05, 0) is 0 Å². The fraction of sp³-hybridized carbons (Fsp3) is 0.600. The lowest BCUT2D eigenvalue weighted by atomic mass is 10.4. The van der Waals surface area contributed by atoms with Gasteiger partial charge < -0.3 is 9.42 Å². The Kier molecular flexibility index (Phi) is 4.66. The second-order valence-electron chi connectivity index (χ2n) is 1.89. The van der Waals surface area contributed by atoms with Gasteiger partial charge in [-0.15, -0.1) is 0 Å². The zero-order valence-corrected chi connectivity index (χ0v) is 7.56. The van der Waals surface area contributed by atoms with Crippen LogP contribution in [0.2, 0.25) is 0 Å². The highest BCUT2D eigenvalue weighted by atomic mass is 35.5. The first kappa shape index (κ1) is 10.9. The predicted molar refractivity (Wildman–Crippen MR) is 41.4 cm³/mol. The van der Waals surface area contributed by atoms with Crippen molar-refractivity contribution in [3.05, 3.63) is 5.03 Å². The highest BCUT2D eigenvalue weighted by Gasteiger charge is 2.09. The first-order valence-electron chi connectivity index (χ1n) is 2.80. The molecule has 0 saturated carbocycles. The standard InChI is InChI=1S/C5H8ClO4P/c1-11(8,9)10-3-2-5(6)4-7/h2-3H2,1H3,(H,8,9). The molecule has 0 radical (unpaired) electrons. The van der Waals surface area contributed by atoms with Gasteiger partial charge in [-0.3, -0.25) is 4.57 Å². The molecule has 64 valence electrons. The summed E-state index contributed by atoms with van der Waals surface area (Å²) in [5.41, 5.74) is 0.